The van der Waals surface area contributed by atoms with Crippen molar-refractivity contribution in [2.75, 3.05) is 0 Å². The zero-order valence-electron chi connectivity index (χ0n) is 13.1. The molecule has 4 heteroatoms. The van der Waals surface area contributed by atoms with Crippen molar-refractivity contribution < 1.29 is 4.79 Å². The fourth-order valence-corrected chi connectivity index (χ4v) is 3.03. The number of carbonyl (C=O) groups excluding carboxylic acids is 1. The predicted octanol–water partition coefficient (Wildman–Crippen LogP) is 3.49. The Hall–Kier alpha value is -3.01. The molecule has 2 atom stereocenters. The van der Waals surface area contributed by atoms with Gasteiger partial charge in [0.2, 0.25) is 5.91 Å². The molecule has 1 heterocycles. The summed E-state index contributed by atoms with van der Waals surface area (Å²) in [6, 6.07) is 20.0. The summed E-state index contributed by atoms with van der Waals surface area (Å²) in [4.78, 5) is 16.6. The molecule has 1 N–H and O–H groups in total. The molecular weight excluding hydrogens is 298 g/mol. The number of aromatic nitrogens is 1. The number of amides is 1. The molecule has 118 valence electrons. The zero-order valence-corrected chi connectivity index (χ0v) is 13.1. The van der Waals surface area contributed by atoms with Crippen LogP contribution in [-0.4, -0.2) is 17.1 Å². The average Bonchev–Trinajstić information content (AvgIpc) is 3.43. The van der Waals surface area contributed by atoms with Crippen molar-refractivity contribution in [3.05, 3.63) is 78.0 Å². The van der Waals surface area contributed by atoms with Crippen LogP contribution in [0.25, 0.3) is 10.9 Å². The van der Waals surface area contributed by atoms with Gasteiger partial charge < -0.3 is 0 Å². The van der Waals surface area contributed by atoms with E-state index < -0.39 is 0 Å². The molecule has 0 radical (unpaired) electrons. The minimum Gasteiger partial charge on any atom is -0.273 e. The smallest absolute Gasteiger partial charge is 0.243 e. The lowest BCUT2D eigenvalue weighted by molar-refractivity contribution is -0.122. The highest BCUT2D eigenvalue weighted by molar-refractivity contribution is 5.97. The van der Waals surface area contributed by atoms with Crippen LogP contribution in [0.1, 0.15) is 23.5 Å². The highest BCUT2D eigenvalue weighted by atomic mass is 16.2. The van der Waals surface area contributed by atoms with Crippen molar-refractivity contribution in [1.82, 2.24) is 10.4 Å². The van der Waals surface area contributed by atoms with Gasteiger partial charge in [-0.1, -0.05) is 54.6 Å². The second-order valence-electron chi connectivity index (χ2n) is 6.02. The van der Waals surface area contributed by atoms with Crippen molar-refractivity contribution >= 4 is 23.0 Å². The Balaban J connectivity index is 1.42. The van der Waals surface area contributed by atoms with Gasteiger partial charge in [0, 0.05) is 23.1 Å². The topological polar surface area (TPSA) is 54.4 Å². The van der Waals surface area contributed by atoms with Crippen LogP contribution in [0.5, 0.6) is 0 Å². The Morgan fingerprint density at radius 1 is 1.08 bits per heavy atom. The molecule has 0 spiro atoms. The number of hydrazone groups is 1. The van der Waals surface area contributed by atoms with E-state index in [1.807, 2.05) is 48.5 Å². The fraction of sp³-hybridized carbons (Fsp3) is 0.150. The number of nitrogens with one attached hydrogen (secondary N) is 1. The van der Waals surface area contributed by atoms with Crippen LogP contribution in [0.3, 0.4) is 0 Å². The van der Waals surface area contributed by atoms with Gasteiger partial charge in [0.05, 0.1) is 11.7 Å². The van der Waals surface area contributed by atoms with Gasteiger partial charge in [-0.2, -0.15) is 5.10 Å². The molecule has 0 unspecified atom stereocenters. The van der Waals surface area contributed by atoms with E-state index in [0.29, 0.717) is 5.92 Å². The minimum atomic E-state index is -0.0201. The van der Waals surface area contributed by atoms with E-state index in [1.165, 1.54) is 5.56 Å². The first-order valence-electron chi connectivity index (χ1n) is 8.04. The largest absolute Gasteiger partial charge is 0.273 e. The molecule has 4 nitrogen and oxygen atoms in total. The number of benzene rings is 2. The van der Waals surface area contributed by atoms with Crippen LogP contribution in [0.2, 0.25) is 0 Å². The van der Waals surface area contributed by atoms with Gasteiger partial charge in [-0.05, 0) is 24.0 Å². The third-order valence-corrected chi connectivity index (χ3v) is 4.40. The van der Waals surface area contributed by atoms with Crippen molar-refractivity contribution in [3.63, 3.8) is 0 Å². The van der Waals surface area contributed by atoms with Crippen LogP contribution in [0.15, 0.2) is 72.0 Å². The first-order chi connectivity index (χ1) is 11.8. The Morgan fingerprint density at radius 2 is 1.92 bits per heavy atom. The predicted molar refractivity (Wildman–Crippen MR) is 94.8 cm³/mol. The van der Waals surface area contributed by atoms with E-state index in [-0.39, 0.29) is 11.8 Å². The molecule has 1 aliphatic rings. The third kappa shape index (κ3) is 2.91. The number of pyridine rings is 1. The van der Waals surface area contributed by atoms with Gasteiger partial charge >= 0.3 is 0 Å². The summed E-state index contributed by atoms with van der Waals surface area (Å²) in [5.74, 6) is 0.323. The molecule has 1 aromatic heterocycles. The van der Waals surface area contributed by atoms with E-state index in [2.05, 4.69) is 27.6 Å². The summed E-state index contributed by atoms with van der Waals surface area (Å²) in [7, 11) is 0. The number of rotatable bonds is 4. The molecule has 3 aromatic rings. The Morgan fingerprint density at radius 3 is 2.79 bits per heavy atom. The summed E-state index contributed by atoms with van der Waals surface area (Å²) in [6.45, 7) is 0. The first-order valence-corrected chi connectivity index (χ1v) is 8.04. The Kier molecular flexibility index (Phi) is 3.79. The van der Waals surface area contributed by atoms with Crippen molar-refractivity contribution in [3.8, 4) is 0 Å². The zero-order chi connectivity index (χ0) is 16.4. The summed E-state index contributed by atoms with van der Waals surface area (Å²) in [6.07, 6.45) is 4.31. The normalized spacial score (nSPS) is 19.5. The van der Waals surface area contributed by atoms with Crippen molar-refractivity contribution in [2.24, 2.45) is 11.0 Å². The van der Waals surface area contributed by atoms with E-state index in [0.717, 1.165) is 22.9 Å². The van der Waals surface area contributed by atoms with Crippen molar-refractivity contribution in [2.45, 2.75) is 12.3 Å². The Bertz CT molecular complexity index is 900. The minimum absolute atomic E-state index is 0.0201. The molecule has 24 heavy (non-hydrogen) atoms. The number of hydrogen-bond donors (Lipinski definition) is 1. The maximum atomic E-state index is 12.2. The first kappa shape index (κ1) is 14.6. The van der Waals surface area contributed by atoms with Gasteiger partial charge in [0.25, 0.3) is 0 Å². The van der Waals surface area contributed by atoms with E-state index in [9.17, 15) is 4.79 Å². The van der Waals surface area contributed by atoms with Gasteiger partial charge in [0.1, 0.15) is 0 Å². The number of nitrogens with zero attached hydrogens (tertiary/aromatic N) is 2. The second kappa shape index (κ2) is 6.24. The molecule has 4 rings (SSSR count). The second-order valence-corrected chi connectivity index (χ2v) is 6.02. The van der Waals surface area contributed by atoms with Crippen LogP contribution in [0.4, 0.5) is 0 Å². The lowest BCUT2D eigenvalue weighted by atomic mass is 10.1. The molecule has 1 aliphatic carbocycles. The summed E-state index contributed by atoms with van der Waals surface area (Å²) in [5.41, 5.74) is 5.66. The highest BCUT2D eigenvalue weighted by Gasteiger charge is 2.43. The lowest BCUT2D eigenvalue weighted by Crippen LogP contribution is -2.20. The third-order valence-electron chi connectivity index (χ3n) is 4.40. The summed E-state index contributed by atoms with van der Waals surface area (Å²) >= 11 is 0. The number of fused-ring (bicyclic) bond motifs is 1. The standard InChI is InChI=1S/C20H17N3O/c24-20(18-12-17(18)14-6-2-1-3-7-14)23-22-13-16-9-4-8-15-10-5-11-21-19(15)16/h1-11,13,17-18H,12H2,(H,23,24)/t17-,18+/m1/s1. The van der Waals surface area contributed by atoms with Gasteiger partial charge in [-0.15, -0.1) is 0 Å². The van der Waals surface area contributed by atoms with Crippen molar-refractivity contribution in [1.29, 1.82) is 0 Å². The Labute approximate surface area is 140 Å². The molecule has 0 saturated heterocycles. The van der Waals surface area contributed by atoms with Gasteiger partial charge in [-0.3, -0.25) is 9.78 Å². The van der Waals surface area contributed by atoms with E-state index >= 15 is 0 Å². The molecule has 1 fully saturated rings. The summed E-state index contributed by atoms with van der Waals surface area (Å²) < 4.78 is 0. The summed E-state index contributed by atoms with van der Waals surface area (Å²) in [5, 5.41) is 5.17. The lowest BCUT2D eigenvalue weighted by Gasteiger charge is -2.01. The molecule has 2 aromatic carbocycles. The fourth-order valence-electron chi connectivity index (χ4n) is 3.03. The highest BCUT2D eigenvalue weighted by Crippen LogP contribution is 2.47. The average molecular weight is 315 g/mol. The molecule has 1 saturated carbocycles. The number of para-hydroxylation sites is 1. The quantitative estimate of drug-likeness (QED) is 0.592. The number of carbonyl (C=O) groups is 1. The maximum Gasteiger partial charge on any atom is 0.243 e. The van der Waals surface area contributed by atoms with Gasteiger partial charge in [0.15, 0.2) is 0 Å². The van der Waals surface area contributed by atoms with E-state index in [1.54, 1.807) is 12.4 Å². The van der Waals surface area contributed by atoms with Crippen LogP contribution >= 0.6 is 0 Å². The van der Waals surface area contributed by atoms with Crippen LogP contribution in [0, 0.1) is 5.92 Å². The monoisotopic (exact) mass is 315 g/mol. The van der Waals surface area contributed by atoms with Crippen LogP contribution < -0.4 is 5.43 Å². The SMILES string of the molecule is O=C(NN=Cc1cccc2cccnc12)[C@H]1C[C@@H]1c1ccccc1. The molecule has 0 bridgehead atoms. The van der Waals surface area contributed by atoms with E-state index in [4.69, 9.17) is 0 Å². The molecule has 1 amide bonds. The number of hydrogen-bond acceptors (Lipinski definition) is 3. The van der Waals surface area contributed by atoms with Crippen LogP contribution in [-0.2, 0) is 4.79 Å². The molecular formula is C20H17N3O. The maximum absolute atomic E-state index is 12.2. The van der Waals surface area contributed by atoms with Gasteiger partial charge in [-0.25, -0.2) is 5.43 Å². The molecule has 0 aliphatic heterocycles.